The van der Waals surface area contributed by atoms with Gasteiger partial charge in [0.05, 0.1) is 0 Å². The van der Waals surface area contributed by atoms with Crippen LogP contribution in [0.1, 0.15) is 11.4 Å². The van der Waals surface area contributed by atoms with Gasteiger partial charge < -0.3 is 5.32 Å². The second-order valence-corrected chi connectivity index (χ2v) is 3.27. The zero-order valence-corrected chi connectivity index (χ0v) is 9.05. The topological polar surface area (TPSA) is 103 Å². The number of hydrogen-bond donors (Lipinski definition) is 2. The summed E-state index contributed by atoms with van der Waals surface area (Å²) in [6.07, 6.45) is 3.18. The van der Waals surface area contributed by atoms with E-state index in [2.05, 4.69) is 30.9 Å². The number of aromatic amines is 1. The molecule has 2 heterocycles. The number of H-pyrrole nitrogens is 1. The van der Waals surface area contributed by atoms with E-state index in [9.17, 15) is 0 Å². The number of rotatable bonds is 3. The van der Waals surface area contributed by atoms with E-state index in [0.29, 0.717) is 5.82 Å². The van der Waals surface area contributed by atoms with Crippen LogP contribution in [-0.4, -0.2) is 25.6 Å². The highest BCUT2D eigenvalue weighted by Crippen LogP contribution is 2.09. The van der Waals surface area contributed by atoms with Gasteiger partial charge in [0.1, 0.15) is 17.5 Å². The van der Waals surface area contributed by atoms with Gasteiger partial charge in [-0.3, -0.25) is 0 Å². The van der Waals surface area contributed by atoms with E-state index in [4.69, 9.17) is 5.26 Å². The Morgan fingerprint density at radius 1 is 1.59 bits per heavy atom. The molecule has 0 saturated heterocycles. The van der Waals surface area contributed by atoms with Crippen LogP contribution in [0.15, 0.2) is 24.5 Å². The average Bonchev–Trinajstić information content (AvgIpc) is 2.84. The van der Waals surface area contributed by atoms with Crippen LogP contribution in [0.5, 0.6) is 0 Å². The second kappa shape index (κ2) is 4.85. The third-order valence-corrected chi connectivity index (χ3v) is 1.99. The predicted octanol–water partition coefficient (Wildman–Crippen LogP) is 0.880. The minimum atomic E-state index is 0.243. The van der Waals surface area contributed by atoms with E-state index >= 15 is 0 Å². The fourth-order valence-corrected chi connectivity index (χ4v) is 1.18. The molecule has 2 rings (SSSR count). The molecule has 0 spiro atoms. The molecule has 0 unspecified atom stereocenters. The molecule has 0 bridgehead atoms. The third-order valence-electron chi connectivity index (χ3n) is 1.99. The largest absolute Gasteiger partial charge is 0.345 e. The first-order valence-corrected chi connectivity index (χ1v) is 4.83. The first-order valence-electron chi connectivity index (χ1n) is 4.83. The number of nitrogens with one attached hydrogen (secondary N) is 2. The predicted molar refractivity (Wildman–Crippen MR) is 60.4 cm³/mol. The van der Waals surface area contributed by atoms with Gasteiger partial charge in [0.15, 0.2) is 0 Å². The monoisotopic (exact) mass is 227 g/mol. The van der Waals surface area contributed by atoms with Crippen molar-refractivity contribution in [3.05, 3.63) is 35.9 Å². The maximum atomic E-state index is 8.93. The van der Waals surface area contributed by atoms with E-state index in [-0.39, 0.29) is 11.4 Å². The van der Waals surface area contributed by atoms with Crippen LogP contribution in [0, 0.1) is 18.3 Å². The molecule has 0 saturated carbocycles. The Morgan fingerprint density at radius 3 is 3.12 bits per heavy atom. The summed E-state index contributed by atoms with van der Waals surface area (Å²) in [5, 5.41) is 24.9. The van der Waals surface area contributed by atoms with Crippen molar-refractivity contribution >= 4 is 11.4 Å². The highest BCUT2D eigenvalue weighted by Gasteiger charge is 2.05. The van der Waals surface area contributed by atoms with Crippen molar-refractivity contribution in [2.75, 3.05) is 5.32 Å². The van der Waals surface area contributed by atoms with Gasteiger partial charge in [0, 0.05) is 12.4 Å². The van der Waals surface area contributed by atoms with Crippen LogP contribution >= 0.6 is 0 Å². The lowest BCUT2D eigenvalue weighted by atomic mass is 10.3. The zero-order valence-electron chi connectivity index (χ0n) is 9.05. The van der Waals surface area contributed by atoms with E-state index in [1.165, 1.54) is 6.20 Å². The smallest absolute Gasteiger partial charge is 0.216 e. The van der Waals surface area contributed by atoms with Gasteiger partial charge in [-0.25, -0.2) is 4.98 Å². The molecule has 0 atom stereocenters. The van der Waals surface area contributed by atoms with Crippen molar-refractivity contribution in [1.82, 2.24) is 25.6 Å². The Labute approximate surface area is 97.2 Å². The molecule has 2 N–H and O–H groups in total. The van der Waals surface area contributed by atoms with E-state index in [0.717, 1.165) is 5.56 Å². The summed E-state index contributed by atoms with van der Waals surface area (Å²) < 4.78 is 0. The number of allylic oxidation sites excluding steroid dienone is 1. The van der Waals surface area contributed by atoms with Crippen molar-refractivity contribution in [2.45, 2.75) is 6.92 Å². The molecular weight excluding hydrogens is 218 g/mol. The summed E-state index contributed by atoms with van der Waals surface area (Å²) in [4.78, 5) is 4.10. The summed E-state index contributed by atoms with van der Waals surface area (Å²) in [6.45, 7) is 1.96. The van der Waals surface area contributed by atoms with Crippen molar-refractivity contribution in [2.24, 2.45) is 0 Å². The molecule has 0 aliphatic rings. The maximum Gasteiger partial charge on any atom is 0.216 e. The Bertz CT molecular complexity index is 565. The van der Waals surface area contributed by atoms with Crippen molar-refractivity contribution in [3.8, 4) is 6.07 Å². The SMILES string of the molecule is Cc1ccnc(NC=C(C#N)c2nn[nH]n2)c1. The summed E-state index contributed by atoms with van der Waals surface area (Å²) in [6, 6.07) is 5.73. The third kappa shape index (κ3) is 2.63. The summed E-state index contributed by atoms with van der Waals surface area (Å²) in [5.74, 6) is 0.897. The Hall–Kier alpha value is -2.75. The normalized spacial score (nSPS) is 10.9. The Balaban J connectivity index is 2.17. The average molecular weight is 227 g/mol. The number of hydrogen-bond acceptors (Lipinski definition) is 6. The van der Waals surface area contributed by atoms with Gasteiger partial charge in [-0.2, -0.15) is 10.5 Å². The van der Waals surface area contributed by atoms with Crippen molar-refractivity contribution in [1.29, 1.82) is 5.26 Å². The summed E-state index contributed by atoms with van der Waals surface area (Å²) in [7, 11) is 0. The summed E-state index contributed by atoms with van der Waals surface area (Å²) in [5.41, 5.74) is 1.36. The van der Waals surface area contributed by atoms with E-state index < -0.39 is 0 Å². The molecule has 7 heteroatoms. The molecule has 84 valence electrons. The van der Waals surface area contributed by atoms with Gasteiger partial charge in [0.2, 0.25) is 5.82 Å². The molecular formula is C10H9N7. The number of aromatic nitrogens is 5. The standard InChI is InChI=1S/C10H9N7/c1-7-2-3-12-9(4-7)13-6-8(5-11)10-14-16-17-15-10/h2-4,6H,1H3,(H,12,13)(H,14,15,16,17). The van der Waals surface area contributed by atoms with Crippen LogP contribution in [0.4, 0.5) is 5.82 Å². The molecule has 0 fully saturated rings. The number of nitriles is 1. The number of pyridine rings is 1. The van der Waals surface area contributed by atoms with Crippen LogP contribution < -0.4 is 5.32 Å². The number of nitrogens with zero attached hydrogens (tertiary/aromatic N) is 5. The van der Waals surface area contributed by atoms with Gasteiger partial charge >= 0.3 is 0 Å². The maximum absolute atomic E-state index is 8.93. The number of anilines is 1. The minimum absolute atomic E-state index is 0.243. The first-order chi connectivity index (χ1) is 8.29. The van der Waals surface area contributed by atoms with E-state index in [1.807, 2.05) is 25.1 Å². The van der Waals surface area contributed by atoms with Gasteiger partial charge in [-0.1, -0.05) is 0 Å². The van der Waals surface area contributed by atoms with Crippen LogP contribution in [0.3, 0.4) is 0 Å². The number of aryl methyl sites for hydroxylation is 1. The Morgan fingerprint density at radius 2 is 2.47 bits per heavy atom. The van der Waals surface area contributed by atoms with Gasteiger partial charge in [0.25, 0.3) is 0 Å². The first kappa shape index (κ1) is 10.8. The summed E-state index contributed by atoms with van der Waals surface area (Å²) >= 11 is 0. The highest BCUT2D eigenvalue weighted by molar-refractivity contribution is 5.73. The highest BCUT2D eigenvalue weighted by atomic mass is 15.5. The molecule has 0 aromatic carbocycles. The lowest BCUT2D eigenvalue weighted by Crippen LogP contribution is -1.95. The molecule has 7 nitrogen and oxygen atoms in total. The van der Waals surface area contributed by atoms with Crippen LogP contribution in [0.25, 0.3) is 5.57 Å². The minimum Gasteiger partial charge on any atom is -0.345 e. The van der Waals surface area contributed by atoms with E-state index in [1.54, 1.807) is 6.20 Å². The number of tetrazole rings is 1. The quantitative estimate of drug-likeness (QED) is 0.754. The van der Waals surface area contributed by atoms with Crippen molar-refractivity contribution < 1.29 is 0 Å². The molecule has 0 aliphatic heterocycles. The zero-order chi connectivity index (χ0) is 12.1. The second-order valence-electron chi connectivity index (χ2n) is 3.27. The van der Waals surface area contributed by atoms with Crippen molar-refractivity contribution in [3.63, 3.8) is 0 Å². The van der Waals surface area contributed by atoms with Crippen LogP contribution in [-0.2, 0) is 0 Å². The lowest BCUT2D eigenvalue weighted by Gasteiger charge is -2.00. The molecule has 17 heavy (non-hydrogen) atoms. The van der Waals surface area contributed by atoms with Crippen LogP contribution in [0.2, 0.25) is 0 Å². The Kier molecular flexibility index (Phi) is 3.07. The molecule has 0 aliphatic carbocycles. The molecule has 2 aromatic heterocycles. The van der Waals surface area contributed by atoms with Gasteiger partial charge in [-0.15, -0.1) is 10.2 Å². The fourth-order valence-electron chi connectivity index (χ4n) is 1.18. The fraction of sp³-hybridized carbons (Fsp3) is 0.100. The molecule has 2 aromatic rings. The lowest BCUT2D eigenvalue weighted by molar-refractivity contribution is 0.881. The molecule has 0 radical (unpaired) electrons. The van der Waals surface area contributed by atoms with Gasteiger partial charge in [-0.05, 0) is 29.8 Å². The molecule has 0 amide bonds.